The summed E-state index contributed by atoms with van der Waals surface area (Å²) < 4.78 is 0. The van der Waals surface area contributed by atoms with Crippen LogP contribution in [-0.4, -0.2) is 38.1 Å². The van der Waals surface area contributed by atoms with E-state index in [1.165, 1.54) is 4.80 Å². The van der Waals surface area contributed by atoms with Gasteiger partial charge in [0, 0.05) is 11.7 Å². The smallest absolute Gasteiger partial charge is 0.293 e. The summed E-state index contributed by atoms with van der Waals surface area (Å²) in [6.45, 7) is 1.99. The SMILES string of the molecule is CC[C@@H](C(=O)Nc1ccc(-n2nnc(C(=O)NC3CC3)n2)cc1)c1ccccc1. The summed E-state index contributed by atoms with van der Waals surface area (Å²) in [7, 11) is 0. The quantitative estimate of drug-likeness (QED) is 0.646. The number of amides is 2. The van der Waals surface area contributed by atoms with Gasteiger partial charge >= 0.3 is 0 Å². The number of anilines is 1. The second kappa shape index (κ2) is 8.22. The van der Waals surface area contributed by atoms with Crippen molar-refractivity contribution in [2.75, 3.05) is 5.32 Å². The van der Waals surface area contributed by atoms with Crippen LogP contribution in [0.5, 0.6) is 0 Å². The summed E-state index contributed by atoms with van der Waals surface area (Å²) in [6, 6.07) is 17.1. The molecule has 1 aliphatic carbocycles. The molecule has 1 aromatic heterocycles. The molecule has 2 N–H and O–H groups in total. The molecule has 2 amide bonds. The van der Waals surface area contributed by atoms with Crippen LogP contribution >= 0.6 is 0 Å². The Hall–Kier alpha value is -3.55. The van der Waals surface area contributed by atoms with Crippen molar-refractivity contribution in [1.29, 1.82) is 0 Å². The third-order valence-electron chi connectivity index (χ3n) is 4.82. The van der Waals surface area contributed by atoms with Crippen molar-refractivity contribution in [2.45, 2.75) is 38.1 Å². The van der Waals surface area contributed by atoms with Crippen molar-refractivity contribution >= 4 is 17.5 Å². The lowest BCUT2D eigenvalue weighted by Crippen LogP contribution is -2.26. The number of rotatable bonds is 7. The van der Waals surface area contributed by atoms with Gasteiger partial charge in [0.1, 0.15) is 0 Å². The molecule has 29 heavy (non-hydrogen) atoms. The minimum absolute atomic E-state index is 0.0444. The van der Waals surface area contributed by atoms with Gasteiger partial charge in [-0.1, -0.05) is 37.3 Å². The highest BCUT2D eigenvalue weighted by molar-refractivity contribution is 5.95. The molecule has 0 radical (unpaired) electrons. The molecule has 8 heteroatoms. The monoisotopic (exact) mass is 390 g/mol. The highest BCUT2D eigenvalue weighted by Crippen LogP contribution is 2.22. The highest BCUT2D eigenvalue weighted by atomic mass is 16.2. The van der Waals surface area contributed by atoms with E-state index < -0.39 is 0 Å². The molecule has 1 heterocycles. The molecular formula is C21H22N6O2. The minimum Gasteiger partial charge on any atom is -0.346 e. The first-order valence-electron chi connectivity index (χ1n) is 9.71. The fraction of sp³-hybridized carbons (Fsp3) is 0.286. The average Bonchev–Trinajstić information content (AvgIpc) is 3.41. The molecule has 1 atom stereocenters. The van der Waals surface area contributed by atoms with Crippen LogP contribution < -0.4 is 10.6 Å². The summed E-state index contributed by atoms with van der Waals surface area (Å²) in [5.41, 5.74) is 2.32. The number of tetrazole rings is 1. The second-order valence-electron chi connectivity index (χ2n) is 7.06. The summed E-state index contributed by atoms with van der Waals surface area (Å²) in [4.78, 5) is 26.0. The minimum atomic E-state index is -0.311. The highest BCUT2D eigenvalue weighted by Gasteiger charge is 2.26. The lowest BCUT2D eigenvalue weighted by molar-refractivity contribution is -0.117. The van der Waals surface area contributed by atoms with Crippen LogP contribution in [0.3, 0.4) is 0 Å². The van der Waals surface area contributed by atoms with Crippen molar-refractivity contribution < 1.29 is 9.59 Å². The maximum atomic E-state index is 12.7. The van der Waals surface area contributed by atoms with Crippen LogP contribution in [0.15, 0.2) is 54.6 Å². The Kier molecular flexibility index (Phi) is 5.33. The lowest BCUT2D eigenvalue weighted by atomic mass is 9.95. The van der Waals surface area contributed by atoms with Crippen LogP contribution in [0.25, 0.3) is 5.69 Å². The van der Waals surface area contributed by atoms with Gasteiger partial charge in [0.25, 0.3) is 11.7 Å². The molecule has 0 spiro atoms. The molecule has 2 aromatic carbocycles. The molecule has 3 aromatic rings. The lowest BCUT2D eigenvalue weighted by Gasteiger charge is -2.15. The number of hydrogen-bond donors (Lipinski definition) is 2. The Labute approximate surface area is 168 Å². The predicted octanol–water partition coefficient (Wildman–Crippen LogP) is 2.69. The van der Waals surface area contributed by atoms with Gasteiger partial charge in [-0.25, -0.2) is 0 Å². The fourth-order valence-corrected chi connectivity index (χ4v) is 3.06. The Bertz CT molecular complexity index is 996. The zero-order chi connectivity index (χ0) is 20.2. The topological polar surface area (TPSA) is 102 Å². The van der Waals surface area contributed by atoms with Crippen molar-refractivity contribution in [3.8, 4) is 5.69 Å². The Morgan fingerprint density at radius 1 is 1.10 bits per heavy atom. The number of carbonyl (C=O) groups is 2. The number of benzene rings is 2. The molecule has 1 saturated carbocycles. The zero-order valence-electron chi connectivity index (χ0n) is 16.1. The van der Waals surface area contributed by atoms with E-state index in [1.54, 1.807) is 24.3 Å². The number of carbonyl (C=O) groups excluding carboxylic acids is 2. The zero-order valence-corrected chi connectivity index (χ0v) is 16.1. The van der Waals surface area contributed by atoms with E-state index >= 15 is 0 Å². The fourth-order valence-electron chi connectivity index (χ4n) is 3.06. The maximum Gasteiger partial charge on any atom is 0.293 e. The predicted molar refractivity (Wildman–Crippen MR) is 108 cm³/mol. The summed E-state index contributed by atoms with van der Waals surface area (Å²) in [5.74, 6) is -0.526. The van der Waals surface area contributed by atoms with Crippen molar-refractivity contribution in [3.05, 3.63) is 66.0 Å². The Morgan fingerprint density at radius 2 is 1.83 bits per heavy atom. The van der Waals surface area contributed by atoms with Crippen LogP contribution in [0, 0.1) is 0 Å². The van der Waals surface area contributed by atoms with Crippen LogP contribution in [0.1, 0.15) is 48.3 Å². The summed E-state index contributed by atoms with van der Waals surface area (Å²) in [5, 5.41) is 17.7. The molecule has 4 rings (SSSR count). The number of aromatic nitrogens is 4. The van der Waals surface area contributed by atoms with Crippen molar-refractivity contribution in [1.82, 2.24) is 25.5 Å². The van der Waals surface area contributed by atoms with Gasteiger partial charge < -0.3 is 10.6 Å². The van der Waals surface area contributed by atoms with E-state index in [4.69, 9.17) is 0 Å². The number of nitrogens with one attached hydrogen (secondary N) is 2. The van der Waals surface area contributed by atoms with E-state index in [2.05, 4.69) is 26.0 Å². The van der Waals surface area contributed by atoms with Gasteiger partial charge in [0.05, 0.1) is 11.6 Å². The van der Waals surface area contributed by atoms with Gasteiger partial charge in [-0.3, -0.25) is 9.59 Å². The first kappa shape index (κ1) is 18.8. The number of nitrogens with zero attached hydrogens (tertiary/aromatic N) is 4. The van der Waals surface area contributed by atoms with Crippen LogP contribution in [0.4, 0.5) is 5.69 Å². The third kappa shape index (κ3) is 4.48. The van der Waals surface area contributed by atoms with Gasteiger partial charge in [0.15, 0.2) is 0 Å². The molecule has 1 fully saturated rings. The largest absolute Gasteiger partial charge is 0.346 e. The van der Waals surface area contributed by atoms with E-state index in [9.17, 15) is 9.59 Å². The maximum absolute atomic E-state index is 12.7. The molecule has 148 valence electrons. The summed E-state index contributed by atoms with van der Waals surface area (Å²) >= 11 is 0. The third-order valence-corrected chi connectivity index (χ3v) is 4.82. The molecule has 0 unspecified atom stereocenters. The van der Waals surface area contributed by atoms with Gasteiger partial charge in [0.2, 0.25) is 5.91 Å². The Morgan fingerprint density at radius 3 is 2.48 bits per heavy atom. The average molecular weight is 390 g/mol. The second-order valence-corrected chi connectivity index (χ2v) is 7.06. The first-order chi connectivity index (χ1) is 14.1. The van der Waals surface area contributed by atoms with Gasteiger partial charge in [-0.2, -0.15) is 0 Å². The van der Waals surface area contributed by atoms with Crippen LogP contribution in [-0.2, 0) is 4.79 Å². The van der Waals surface area contributed by atoms with E-state index in [-0.39, 0.29) is 29.6 Å². The molecule has 8 nitrogen and oxygen atoms in total. The Balaban J connectivity index is 1.42. The molecular weight excluding hydrogens is 368 g/mol. The molecule has 0 bridgehead atoms. The molecule has 0 aliphatic heterocycles. The van der Waals surface area contributed by atoms with E-state index in [1.807, 2.05) is 37.3 Å². The van der Waals surface area contributed by atoms with Gasteiger partial charge in [-0.15, -0.1) is 15.0 Å². The summed E-state index contributed by atoms with van der Waals surface area (Å²) in [6.07, 6.45) is 2.70. The molecule has 0 saturated heterocycles. The van der Waals surface area contributed by atoms with Crippen molar-refractivity contribution in [3.63, 3.8) is 0 Å². The van der Waals surface area contributed by atoms with E-state index in [0.717, 1.165) is 18.4 Å². The first-order valence-corrected chi connectivity index (χ1v) is 9.71. The normalized spacial score (nSPS) is 14.2. The van der Waals surface area contributed by atoms with Crippen LogP contribution in [0.2, 0.25) is 0 Å². The standard InChI is InChI=1S/C21H22N6O2/c1-2-18(14-6-4-3-5-7-14)20(28)22-16-10-12-17(13-11-16)27-25-19(24-26-27)21(29)23-15-8-9-15/h3-7,10-13,15,18H,2,8-9H2,1H3,(H,22,28)(H,23,29)/t18-/m1/s1. The molecule has 1 aliphatic rings. The van der Waals surface area contributed by atoms with E-state index in [0.29, 0.717) is 17.8 Å². The number of hydrogen-bond acceptors (Lipinski definition) is 5. The van der Waals surface area contributed by atoms with Gasteiger partial charge in [-0.05, 0) is 54.3 Å². The van der Waals surface area contributed by atoms with Crippen molar-refractivity contribution in [2.24, 2.45) is 0 Å².